The Labute approximate surface area is 182 Å². The molecule has 1 aromatic carbocycles. The quantitative estimate of drug-likeness (QED) is 0.393. The van der Waals surface area contributed by atoms with Crippen molar-refractivity contribution in [3.05, 3.63) is 57.9 Å². The third kappa shape index (κ3) is 5.14. The van der Waals surface area contributed by atoms with E-state index in [0.717, 1.165) is 17.2 Å². The van der Waals surface area contributed by atoms with E-state index in [1.165, 1.54) is 19.3 Å². The van der Waals surface area contributed by atoms with Gasteiger partial charge in [0.1, 0.15) is 22.2 Å². The molecule has 0 radical (unpaired) electrons. The van der Waals surface area contributed by atoms with Gasteiger partial charge in [-0.25, -0.2) is 9.18 Å². The van der Waals surface area contributed by atoms with Crippen molar-refractivity contribution in [2.45, 2.75) is 47.1 Å². The summed E-state index contributed by atoms with van der Waals surface area (Å²) < 4.78 is 26.5. The van der Waals surface area contributed by atoms with E-state index >= 15 is 0 Å². The molecular weight excluding hydrogens is 407 g/mol. The molecular formula is C24H28ClFO4. The molecule has 6 heteroatoms. The molecule has 2 rings (SSSR count). The van der Waals surface area contributed by atoms with E-state index in [0.29, 0.717) is 33.2 Å². The van der Waals surface area contributed by atoms with Gasteiger partial charge in [-0.1, -0.05) is 31.5 Å². The van der Waals surface area contributed by atoms with Crippen LogP contribution in [-0.4, -0.2) is 23.8 Å². The average molecular weight is 435 g/mol. The van der Waals surface area contributed by atoms with E-state index in [9.17, 15) is 9.18 Å². The molecule has 1 aliphatic rings. The molecule has 1 aliphatic heterocycles. The Morgan fingerprint density at radius 3 is 2.47 bits per heavy atom. The van der Waals surface area contributed by atoms with Crippen molar-refractivity contribution >= 4 is 28.7 Å². The maximum absolute atomic E-state index is 14.9. The number of halogens is 2. The van der Waals surface area contributed by atoms with Crippen molar-refractivity contribution in [2.24, 2.45) is 5.92 Å². The monoisotopic (exact) mass is 434 g/mol. The summed E-state index contributed by atoms with van der Waals surface area (Å²) >= 11 is 6.65. The summed E-state index contributed by atoms with van der Waals surface area (Å²) in [5, 5.41) is 9.08. The van der Waals surface area contributed by atoms with Crippen molar-refractivity contribution in [2.75, 3.05) is 7.11 Å². The molecule has 0 fully saturated rings. The fourth-order valence-electron chi connectivity index (χ4n) is 3.33. The molecule has 0 aromatic heterocycles. The Morgan fingerprint density at radius 1 is 1.30 bits per heavy atom. The summed E-state index contributed by atoms with van der Waals surface area (Å²) in [7, 11) is 1.48. The van der Waals surface area contributed by atoms with Gasteiger partial charge in [-0.2, -0.15) is 0 Å². The molecule has 0 saturated carbocycles. The number of fused-ring (bicyclic) bond motifs is 1. The lowest BCUT2D eigenvalue weighted by atomic mass is 9.86. The first-order valence-electron chi connectivity index (χ1n) is 9.66. The number of carboxylic acid groups (broad SMARTS) is 1. The first-order valence-corrected chi connectivity index (χ1v) is 10.0. The number of benzene rings is 1. The lowest BCUT2D eigenvalue weighted by Crippen LogP contribution is -2.30. The molecule has 0 spiro atoms. The Bertz CT molecular complexity index is 981. The van der Waals surface area contributed by atoms with E-state index in [1.807, 2.05) is 19.9 Å². The first kappa shape index (κ1) is 23.7. The molecule has 0 saturated heterocycles. The van der Waals surface area contributed by atoms with E-state index < -0.39 is 17.4 Å². The summed E-state index contributed by atoms with van der Waals surface area (Å²) in [5.41, 5.74) is 2.60. The highest BCUT2D eigenvalue weighted by atomic mass is 35.5. The Hall–Kier alpha value is -2.53. The summed E-state index contributed by atoms with van der Waals surface area (Å²) in [6.45, 7) is 11.3. The highest BCUT2D eigenvalue weighted by Gasteiger charge is 2.32. The molecule has 1 aromatic rings. The summed E-state index contributed by atoms with van der Waals surface area (Å²) in [6, 6.07) is 1.84. The van der Waals surface area contributed by atoms with Crippen molar-refractivity contribution in [1.82, 2.24) is 0 Å². The molecule has 0 amide bonds. The largest absolute Gasteiger partial charge is 0.494 e. The number of hydrogen-bond acceptors (Lipinski definition) is 3. The van der Waals surface area contributed by atoms with Crippen LogP contribution in [0, 0.1) is 5.92 Å². The third-order valence-corrected chi connectivity index (χ3v) is 5.13. The number of aliphatic carboxylic acids is 1. The van der Waals surface area contributed by atoms with Crippen LogP contribution in [0.5, 0.6) is 11.5 Å². The molecule has 1 N–H and O–H groups in total. The van der Waals surface area contributed by atoms with Gasteiger partial charge in [0.2, 0.25) is 0 Å². The number of methoxy groups -OCH3 is 1. The van der Waals surface area contributed by atoms with Gasteiger partial charge < -0.3 is 14.6 Å². The van der Waals surface area contributed by atoms with Gasteiger partial charge >= 0.3 is 5.97 Å². The van der Waals surface area contributed by atoms with Crippen LogP contribution in [0.3, 0.4) is 0 Å². The molecule has 0 atom stereocenters. The molecule has 0 unspecified atom stereocenters. The maximum Gasteiger partial charge on any atom is 0.328 e. The molecule has 162 valence electrons. The third-order valence-electron chi connectivity index (χ3n) is 4.79. The molecule has 0 bridgehead atoms. The minimum atomic E-state index is -1.09. The van der Waals surface area contributed by atoms with Crippen LogP contribution in [-0.2, 0) is 4.79 Å². The SMILES string of the molecule is COc1c(C(C)=C(F)C=CC(C)=CC(=O)O)cc2c(c1Cl)OC(C)(C)C=C2C(C)C. The van der Waals surface area contributed by atoms with Crippen LogP contribution in [0.1, 0.15) is 52.7 Å². The fourth-order valence-corrected chi connectivity index (χ4v) is 3.65. The minimum Gasteiger partial charge on any atom is -0.494 e. The number of allylic oxidation sites excluding steroid dienone is 6. The van der Waals surface area contributed by atoms with E-state index in [-0.39, 0.29) is 5.92 Å². The van der Waals surface area contributed by atoms with Gasteiger partial charge in [0, 0.05) is 17.2 Å². The number of carbonyl (C=O) groups is 1. The summed E-state index contributed by atoms with van der Waals surface area (Å²) in [5.74, 6) is -0.540. The van der Waals surface area contributed by atoms with Crippen LogP contribution in [0.4, 0.5) is 4.39 Å². The first-order chi connectivity index (χ1) is 13.9. The second-order valence-corrected chi connectivity index (χ2v) is 8.52. The zero-order valence-electron chi connectivity index (χ0n) is 18.4. The maximum atomic E-state index is 14.9. The number of ether oxygens (including phenoxy) is 2. The standard InChI is InChI=1S/C24H28ClFO4/c1-13(2)18-12-24(5,6)30-23-17(18)11-16(22(29-7)21(23)25)15(4)19(26)9-8-14(3)10-20(27)28/h8-13H,1-7H3,(H,27,28). The smallest absolute Gasteiger partial charge is 0.328 e. The Balaban J connectivity index is 2.67. The number of hydrogen-bond donors (Lipinski definition) is 1. The fraction of sp³-hybridized carbons (Fsp3) is 0.375. The topological polar surface area (TPSA) is 55.8 Å². The van der Waals surface area contributed by atoms with Gasteiger partial charge in [0.05, 0.1) is 7.11 Å². The van der Waals surface area contributed by atoms with E-state index in [2.05, 4.69) is 19.9 Å². The molecule has 0 aliphatic carbocycles. The lowest BCUT2D eigenvalue weighted by molar-refractivity contribution is -0.131. The molecule has 30 heavy (non-hydrogen) atoms. The van der Waals surface area contributed by atoms with Gasteiger partial charge in [0.15, 0.2) is 5.75 Å². The second-order valence-electron chi connectivity index (χ2n) is 8.14. The van der Waals surface area contributed by atoms with Crippen LogP contribution < -0.4 is 9.47 Å². The molecule has 4 nitrogen and oxygen atoms in total. The average Bonchev–Trinajstić information content (AvgIpc) is 2.64. The van der Waals surface area contributed by atoms with Crippen LogP contribution in [0.15, 0.2) is 41.8 Å². The Kier molecular flexibility index (Phi) is 7.19. The summed E-state index contributed by atoms with van der Waals surface area (Å²) in [6.07, 6.45) is 5.70. The zero-order chi connectivity index (χ0) is 22.8. The number of rotatable bonds is 6. The lowest BCUT2D eigenvalue weighted by Gasteiger charge is -2.34. The zero-order valence-corrected chi connectivity index (χ0v) is 19.1. The van der Waals surface area contributed by atoms with E-state index in [4.69, 9.17) is 26.2 Å². The predicted octanol–water partition coefficient (Wildman–Crippen LogP) is 6.85. The van der Waals surface area contributed by atoms with Crippen LogP contribution in [0.25, 0.3) is 11.1 Å². The second kappa shape index (κ2) is 9.09. The van der Waals surface area contributed by atoms with Crippen molar-refractivity contribution in [3.8, 4) is 11.5 Å². The highest BCUT2D eigenvalue weighted by molar-refractivity contribution is 6.34. The molecule has 1 heterocycles. The highest BCUT2D eigenvalue weighted by Crippen LogP contribution is 2.50. The Morgan fingerprint density at radius 2 is 1.93 bits per heavy atom. The van der Waals surface area contributed by atoms with Crippen LogP contribution >= 0.6 is 11.6 Å². The summed E-state index contributed by atoms with van der Waals surface area (Å²) in [4.78, 5) is 10.7. The van der Waals surface area contributed by atoms with Crippen molar-refractivity contribution in [3.63, 3.8) is 0 Å². The van der Waals surface area contributed by atoms with Gasteiger partial charge in [-0.05, 0) is 68.6 Å². The van der Waals surface area contributed by atoms with Gasteiger partial charge in [-0.15, -0.1) is 0 Å². The predicted molar refractivity (Wildman–Crippen MR) is 120 cm³/mol. The van der Waals surface area contributed by atoms with Crippen molar-refractivity contribution < 1.29 is 23.8 Å². The minimum absolute atomic E-state index is 0.210. The van der Waals surface area contributed by atoms with Crippen LogP contribution in [0.2, 0.25) is 5.02 Å². The van der Waals surface area contributed by atoms with Gasteiger partial charge in [-0.3, -0.25) is 0 Å². The number of carboxylic acids is 1. The van der Waals surface area contributed by atoms with Gasteiger partial charge in [0.25, 0.3) is 0 Å². The normalized spacial score (nSPS) is 16.7. The van der Waals surface area contributed by atoms with E-state index in [1.54, 1.807) is 13.8 Å². The van der Waals surface area contributed by atoms with Crippen molar-refractivity contribution in [1.29, 1.82) is 0 Å².